The molecule has 2 aromatic rings. The third-order valence-electron chi connectivity index (χ3n) is 2.44. The monoisotopic (exact) mass is 279 g/mol. The number of halogens is 1. The zero-order valence-corrected chi connectivity index (χ0v) is 10.7. The summed E-state index contributed by atoms with van der Waals surface area (Å²) in [6.07, 6.45) is 2.28. The molecule has 0 aliphatic heterocycles. The van der Waals surface area contributed by atoms with Crippen molar-refractivity contribution >= 4 is 21.9 Å². The van der Waals surface area contributed by atoms with Crippen molar-refractivity contribution in [2.75, 3.05) is 5.73 Å². The van der Waals surface area contributed by atoms with Crippen LogP contribution >= 0.6 is 15.9 Å². The van der Waals surface area contributed by atoms with E-state index in [9.17, 15) is 0 Å². The highest BCUT2D eigenvalue weighted by molar-refractivity contribution is 9.10. The van der Waals surface area contributed by atoms with Gasteiger partial charge in [-0.25, -0.2) is 4.98 Å². The molecule has 3 N–H and O–H groups in total. The molecule has 16 heavy (non-hydrogen) atoms. The Labute approximate surface area is 103 Å². The average molecular weight is 280 g/mol. The number of imidazole rings is 1. The van der Waals surface area contributed by atoms with Crippen molar-refractivity contribution in [2.24, 2.45) is 0 Å². The van der Waals surface area contributed by atoms with Crippen molar-refractivity contribution in [3.8, 4) is 11.3 Å². The second-order valence-electron chi connectivity index (χ2n) is 3.73. The number of aromatic amines is 1. The highest BCUT2D eigenvalue weighted by Crippen LogP contribution is 2.26. The van der Waals surface area contributed by atoms with Gasteiger partial charge >= 0.3 is 0 Å². The predicted molar refractivity (Wildman–Crippen MR) is 70.1 cm³/mol. The van der Waals surface area contributed by atoms with E-state index in [4.69, 9.17) is 5.73 Å². The maximum atomic E-state index is 5.60. The fourth-order valence-electron chi connectivity index (χ4n) is 1.68. The lowest BCUT2D eigenvalue weighted by Gasteiger charge is -2.01. The molecule has 1 aromatic heterocycles. The van der Waals surface area contributed by atoms with Crippen molar-refractivity contribution in [3.63, 3.8) is 0 Å². The smallest absolute Gasteiger partial charge is 0.198 e. The van der Waals surface area contributed by atoms with Gasteiger partial charge < -0.3 is 10.7 Å². The van der Waals surface area contributed by atoms with Crippen molar-refractivity contribution in [2.45, 2.75) is 19.8 Å². The third-order valence-corrected chi connectivity index (χ3v) is 3.02. The van der Waals surface area contributed by atoms with Gasteiger partial charge in [0.2, 0.25) is 0 Å². The molecule has 84 valence electrons. The first-order chi connectivity index (χ1) is 7.70. The first-order valence-corrected chi connectivity index (χ1v) is 6.10. The van der Waals surface area contributed by atoms with Gasteiger partial charge in [0.05, 0.1) is 0 Å². The van der Waals surface area contributed by atoms with E-state index in [-0.39, 0.29) is 0 Å². The van der Waals surface area contributed by atoms with E-state index in [0.717, 1.165) is 22.3 Å². The van der Waals surface area contributed by atoms with Gasteiger partial charge in [-0.15, -0.1) is 0 Å². The summed E-state index contributed by atoms with van der Waals surface area (Å²) < 4.78 is 0.827. The Hall–Kier alpha value is -1.29. The first-order valence-electron chi connectivity index (χ1n) is 5.31. The van der Waals surface area contributed by atoms with Crippen LogP contribution in [0, 0.1) is 0 Å². The highest BCUT2D eigenvalue weighted by atomic mass is 79.9. The number of nitrogens with two attached hydrogens (primary N) is 1. The number of hydrogen-bond acceptors (Lipinski definition) is 2. The van der Waals surface area contributed by atoms with E-state index >= 15 is 0 Å². The topological polar surface area (TPSA) is 54.7 Å². The summed E-state index contributed by atoms with van der Waals surface area (Å²) in [7, 11) is 0. The quantitative estimate of drug-likeness (QED) is 0.905. The number of anilines is 1. The van der Waals surface area contributed by atoms with Crippen LogP contribution < -0.4 is 5.73 Å². The van der Waals surface area contributed by atoms with Crippen LogP contribution in [-0.4, -0.2) is 9.97 Å². The van der Waals surface area contributed by atoms with E-state index < -0.39 is 0 Å². The number of nitrogens with zero attached hydrogens (tertiary/aromatic N) is 1. The predicted octanol–water partition coefficient (Wildman–Crippen LogP) is 3.37. The number of H-pyrrole nitrogens is 1. The minimum absolute atomic E-state index is 0.430. The van der Waals surface area contributed by atoms with Gasteiger partial charge in [-0.05, 0) is 27.9 Å². The lowest BCUT2D eigenvalue weighted by molar-refractivity contribution is 0.922. The number of nitrogens with one attached hydrogen (secondary N) is 1. The summed E-state index contributed by atoms with van der Waals surface area (Å²) >= 11 is 3.41. The van der Waals surface area contributed by atoms with E-state index in [0.29, 0.717) is 5.95 Å². The Bertz CT molecular complexity index is 474. The number of hydrogen-bond donors (Lipinski definition) is 2. The van der Waals surface area contributed by atoms with Gasteiger partial charge in [0, 0.05) is 5.56 Å². The largest absolute Gasteiger partial charge is 0.369 e. The summed E-state index contributed by atoms with van der Waals surface area (Å²) in [5, 5.41) is 0. The van der Waals surface area contributed by atoms with E-state index in [1.54, 1.807) is 0 Å². The molecule has 0 amide bonds. The average Bonchev–Trinajstić information content (AvgIpc) is 2.59. The molecule has 4 heteroatoms. The molecule has 1 aromatic carbocycles. The van der Waals surface area contributed by atoms with Gasteiger partial charge in [0.25, 0.3) is 0 Å². The van der Waals surface area contributed by atoms with Crippen LogP contribution in [0.3, 0.4) is 0 Å². The Morgan fingerprint density at radius 3 is 2.50 bits per heavy atom. The minimum atomic E-state index is 0.430. The van der Waals surface area contributed by atoms with E-state index in [1.165, 1.54) is 12.0 Å². The number of aryl methyl sites for hydroxylation is 1. The molecule has 0 saturated heterocycles. The molecular weight excluding hydrogens is 266 g/mol. The summed E-state index contributed by atoms with van der Waals surface area (Å²) in [5.74, 6) is 0.430. The summed E-state index contributed by atoms with van der Waals surface area (Å²) in [5.41, 5.74) is 8.88. The van der Waals surface area contributed by atoms with Gasteiger partial charge in [0.15, 0.2) is 5.95 Å². The van der Waals surface area contributed by atoms with Gasteiger partial charge in [-0.3, -0.25) is 0 Å². The Balaban J connectivity index is 2.31. The first kappa shape index (κ1) is 11.2. The van der Waals surface area contributed by atoms with Gasteiger partial charge in [0.1, 0.15) is 10.3 Å². The summed E-state index contributed by atoms with van der Waals surface area (Å²) in [6, 6.07) is 8.42. The molecule has 0 fully saturated rings. The van der Waals surface area contributed by atoms with E-state index in [2.05, 4.69) is 57.1 Å². The third kappa shape index (κ3) is 2.27. The number of rotatable bonds is 3. The molecule has 3 nitrogen and oxygen atoms in total. The van der Waals surface area contributed by atoms with Gasteiger partial charge in [-0.1, -0.05) is 37.6 Å². The number of benzene rings is 1. The standard InChI is InChI=1S/C12H14BrN3/c1-2-3-8-4-6-9(7-5-8)10-11(13)16-12(14)15-10/h4-7H,2-3H2,1H3,(H3,14,15,16). The molecule has 2 rings (SSSR count). The molecule has 1 heterocycles. The molecule has 0 radical (unpaired) electrons. The number of nitrogen functional groups attached to an aromatic ring is 1. The second kappa shape index (κ2) is 4.70. The maximum Gasteiger partial charge on any atom is 0.198 e. The zero-order valence-electron chi connectivity index (χ0n) is 9.13. The summed E-state index contributed by atoms with van der Waals surface area (Å²) in [4.78, 5) is 7.16. The second-order valence-corrected chi connectivity index (χ2v) is 4.52. The van der Waals surface area contributed by atoms with Crippen LogP contribution in [-0.2, 0) is 6.42 Å². The normalized spacial score (nSPS) is 10.6. The zero-order chi connectivity index (χ0) is 11.5. The van der Waals surface area contributed by atoms with E-state index in [1.807, 2.05) is 0 Å². The van der Waals surface area contributed by atoms with Crippen LogP contribution in [0.4, 0.5) is 5.95 Å². The molecule has 0 aliphatic rings. The fraction of sp³-hybridized carbons (Fsp3) is 0.250. The fourth-order valence-corrected chi connectivity index (χ4v) is 2.20. The van der Waals surface area contributed by atoms with Gasteiger partial charge in [-0.2, -0.15) is 0 Å². The molecule has 0 atom stereocenters. The molecule has 0 unspecified atom stereocenters. The van der Waals surface area contributed by atoms with Crippen LogP contribution in [0.1, 0.15) is 18.9 Å². The van der Waals surface area contributed by atoms with Crippen LogP contribution in [0.2, 0.25) is 0 Å². The maximum absolute atomic E-state index is 5.60. The van der Waals surface area contributed by atoms with Crippen LogP contribution in [0.5, 0.6) is 0 Å². The molecule has 0 aliphatic carbocycles. The molecular formula is C12H14BrN3. The SMILES string of the molecule is CCCc1ccc(-c2nc(N)[nH]c2Br)cc1. The molecule has 0 bridgehead atoms. The van der Waals surface area contributed by atoms with Crippen molar-refractivity contribution < 1.29 is 0 Å². The lowest BCUT2D eigenvalue weighted by Crippen LogP contribution is -1.86. The minimum Gasteiger partial charge on any atom is -0.369 e. The Kier molecular flexibility index (Phi) is 3.29. The van der Waals surface area contributed by atoms with Crippen LogP contribution in [0.15, 0.2) is 28.9 Å². The molecule has 0 spiro atoms. The summed E-state index contributed by atoms with van der Waals surface area (Å²) in [6.45, 7) is 2.18. The highest BCUT2D eigenvalue weighted by Gasteiger charge is 2.07. The van der Waals surface area contributed by atoms with Crippen LogP contribution in [0.25, 0.3) is 11.3 Å². The Morgan fingerprint density at radius 1 is 1.31 bits per heavy atom. The van der Waals surface area contributed by atoms with Crippen molar-refractivity contribution in [3.05, 3.63) is 34.4 Å². The van der Waals surface area contributed by atoms with Crippen molar-refractivity contribution in [1.82, 2.24) is 9.97 Å². The lowest BCUT2D eigenvalue weighted by atomic mass is 10.1. The Morgan fingerprint density at radius 2 is 2.00 bits per heavy atom. The van der Waals surface area contributed by atoms with Crippen molar-refractivity contribution in [1.29, 1.82) is 0 Å². The molecule has 0 saturated carbocycles. The number of aromatic nitrogens is 2.